The number of nitrogens with zero attached hydrogens (tertiary/aromatic N) is 2. The van der Waals surface area contributed by atoms with Crippen molar-refractivity contribution in [2.75, 3.05) is 68.5 Å². The van der Waals surface area contributed by atoms with Crippen LogP contribution in [0, 0.1) is 47.3 Å². The van der Waals surface area contributed by atoms with Crippen LogP contribution in [0.15, 0.2) is 0 Å². The van der Waals surface area contributed by atoms with Gasteiger partial charge in [-0.15, -0.1) is 0 Å². The quantitative estimate of drug-likeness (QED) is 0.104. The van der Waals surface area contributed by atoms with Gasteiger partial charge in [0.2, 0.25) is 11.6 Å². The third-order valence-corrected chi connectivity index (χ3v) is 16.3. The first-order chi connectivity index (χ1) is 30.8. The summed E-state index contributed by atoms with van der Waals surface area (Å²) >= 11 is 0. The van der Waals surface area contributed by atoms with Crippen LogP contribution in [0.2, 0.25) is 0 Å². The number of rotatable bonds is 15. The van der Waals surface area contributed by atoms with Gasteiger partial charge in [-0.2, -0.15) is 0 Å². The number of carboxylic acids is 2. The van der Waals surface area contributed by atoms with E-state index in [0.29, 0.717) is 47.3 Å². The zero-order valence-electron chi connectivity index (χ0n) is 42.1. The molecular weight excluding hydrogens is 857 g/mol. The lowest BCUT2D eigenvalue weighted by atomic mass is 9.58. The van der Waals surface area contributed by atoms with Crippen LogP contribution < -0.4 is 20.8 Å². The van der Waals surface area contributed by atoms with Crippen LogP contribution in [-0.2, 0) is 48.1 Å². The number of hydrogen-bond donors (Lipinski definition) is 4. The Morgan fingerprint density at radius 3 is 1.27 bits per heavy atom. The number of aliphatic carboxylic acids is 2. The molecule has 0 aromatic heterocycles. The molecule has 18 nitrogen and oxygen atoms in total. The molecule has 4 bridgehead atoms. The molecule has 4 N–H and O–H groups in total. The number of quaternary nitrogens is 2. The van der Waals surface area contributed by atoms with Crippen molar-refractivity contribution >= 4 is 11.9 Å². The van der Waals surface area contributed by atoms with Gasteiger partial charge >= 0.3 is 0 Å². The van der Waals surface area contributed by atoms with E-state index in [1.807, 2.05) is 13.8 Å². The second-order valence-corrected chi connectivity index (χ2v) is 23.5. The second-order valence-electron chi connectivity index (χ2n) is 23.5. The molecule has 0 radical (unpaired) electrons. The zero-order valence-corrected chi connectivity index (χ0v) is 42.1. The van der Waals surface area contributed by atoms with Crippen LogP contribution >= 0.6 is 0 Å². The van der Waals surface area contributed by atoms with E-state index in [1.54, 1.807) is 0 Å². The number of hydrogen-bond acceptors (Lipinski definition) is 16. The van der Waals surface area contributed by atoms with Crippen molar-refractivity contribution in [3.8, 4) is 0 Å². The number of aliphatic hydroxyl groups is 2. The smallest absolute Gasteiger partial charge is 0.201 e. The fourth-order valence-corrected chi connectivity index (χ4v) is 12.4. The van der Waals surface area contributed by atoms with Crippen molar-refractivity contribution < 1.29 is 77.5 Å². The van der Waals surface area contributed by atoms with E-state index in [-0.39, 0.29) is 25.0 Å². The van der Waals surface area contributed by atoms with Gasteiger partial charge < -0.3 is 57.9 Å². The molecule has 8 heterocycles. The van der Waals surface area contributed by atoms with Gasteiger partial charge in [0.05, 0.1) is 67.3 Å². The zero-order chi connectivity index (χ0) is 48.6. The summed E-state index contributed by atoms with van der Waals surface area (Å²) < 4.78 is 28.0. The Labute approximate surface area is 393 Å². The number of unbranched alkanes of at least 4 members (excludes halogenated alkanes) is 2. The van der Waals surface area contributed by atoms with E-state index < -0.39 is 46.9 Å². The largest absolute Gasteiger partial charge is 0.547 e. The van der Waals surface area contributed by atoms with Crippen molar-refractivity contribution in [3.63, 3.8) is 0 Å². The Morgan fingerprint density at radius 2 is 0.939 bits per heavy atom. The highest BCUT2D eigenvalue weighted by Crippen LogP contribution is 2.62. The van der Waals surface area contributed by atoms with Crippen LogP contribution in [-0.4, -0.2) is 160 Å². The maximum atomic E-state index is 9.63. The molecule has 382 valence electrons. The molecular formula is C48H86N4O14. The van der Waals surface area contributed by atoms with Gasteiger partial charge in [0.15, 0.2) is 23.8 Å². The summed E-state index contributed by atoms with van der Waals surface area (Å²) in [6.07, 6.45) is 7.98. The fourth-order valence-electron chi connectivity index (χ4n) is 12.4. The molecule has 2 saturated carbocycles. The third-order valence-electron chi connectivity index (χ3n) is 16.3. The lowest BCUT2D eigenvalue weighted by Gasteiger charge is -2.60. The van der Waals surface area contributed by atoms with Crippen molar-refractivity contribution in [3.05, 3.63) is 0 Å². The Hall–Kier alpha value is -1.62. The van der Waals surface area contributed by atoms with Crippen LogP contribution in [0.3, 0.4) is 0 Å². The summed E-state index contributed by atoms with van der Waals surface area (Å²) in [6.45, 7) is 17.7. The molecule has 2 spiro atoms. The van der Waals surface area contributed by atoms with E-state index in [4.69, 9.17) is 48.7 Å². The van der Waals surface area contributed by atoms with Crippen LogP contribution in [0.25, 0.3) is 0 Å². The predicted molar refractivity (Wildman–Crippen MR) is 236 cm³/mol. The molecule has 8 aliphatic heterocycles. The summed E-state index contributed by atoms with van der Waals surface area (Å²) in [5, 5.41) is 43.1. The lowest BCUT2D eigenvalue weighted by Crippen LogP contribution is -2.71. The normalized spacial score (nSPS) is 43.3. The van der Waals surface area contributed by atoms with Crippen molar-refractivity contribution in [2.24, 2.45) is 47.3 Å². The standard InChI is InChI=1S/2C22H41N2O4.C4H6O6/c2*1-15-9-10-18-16(2)19(23-13-7-8-14-24(4,5)6)25-20-22(18)17(15)11-12-21(3,26-20)27-28-22;5-1(3(7)8)2(6)4(9)10/h2*15-20,23H,7-14H2,1-6H3;1-2,5-6H,(H,7,8)(H,9,10)/q2*+1;/p-2/t2*15-,16-,17+,18+,19?,20-,21+,22-;/m11./s1. The average molecular weight is 943 g/mol. The van der Waals surface area contributed by atoms with Crippen molar-refractivity contribution in [2.45, 2.75) is 179 Å². The Balaban J connectivity index is 0.000000182. The first kappa shape index (κ1) is 53.7. The summed E-state index contributed by atoms with van der Waals surface area (Å²) in [6, 6.07) is 0. The average Bonchev–Trinajstić information content (AvgIpc) is 3.61. The Kier molecular flexibility index (Phi) is 17.1. The summed E-state index contributed by atoms with van der Waals surface area (Å²) in [4.78, 5) is 43.4. The molecule has 10 fully saturated rings. The SMILES string of the molecule is C[C@@H]1CC[C@H]2[C@@H](C)C(NCCCC[N+](C)(C)C)O[C@@H]3O[C@]4(C)CC[C@@H]1[C@]32OO4.C[C@@H]1CC[C@H]2[C@@H](C)C(NCCCC[N+](C)(C)C)O[C@@H]3O[C@]4(C)CC[C@@H]1[C@]32OO4.O=C([O-])C(O)C(O)C(=O)[O-]. The number of carbonyl (C=O) groups excluding carboxylic acids is 2. The van der Waals surface area contributed by atoms with E-state index in [1.165, 1.54) is 51.6 Å². The highest BCUT2D eigenvalue weighted by atomic mass is 17.3. The Morgan fingerprint density at radius 1 is 0.576 bits per heavy atom. The molecule has 18 atom stereocenters. The first-order valence-corrected chi connectivity index (χ1v) is 25.0. The molecule has 8 saturated heterocycles. The van der Waals surface area contributed by atoms with Crippen LogP contribution in [0.4, 0.5) is 0 Å². The molecule has 10 aliphatic rings. The molecule has 18 heteroatoms. The first-order valence-electron chi connectivity index (χ1n) is 25.0. The summed E-state index contributed by atoms with van der Waals surface area (Å²) in [7, 11) is 13.5. The maximum absolute atomic E-state index is 9.63. The van der Waals surface area contributed by atoms with Gasteiger partial charge in [-0.1, -0.05) is 27.7 Å². The molecule has 4 unspecified atom stereocenters. The third kappa shape index (κ3) is 11.6. The van der Waals surface area contributed by atoms with Gasteiger partial charge in [-0.3, -0.25) is 10.6 Å². The van der Waals surface area contributed by atoms with E-state index in [2.05, 4.69) is 80.6 Å². The number of aliphatic hydroxyl groups excluding tert-OH is 2. The number of fused-ring (bicyclic) bond motifs is 4. The van der Waals surface area contributed by atoms with Gasteiger partial charge in [-0.25, -0.2) is 19.6 Å². The predicted octanol–water partition coefficient (Wildman–Crippen LogP) is 1.75. The van der Waals surface area contributed by atoms with Gasteiger partial charge in [0.1, 0.15) is 24.7 Å². The Bertz CT molecular complexity index is 1520. The molecule has 0 aromatic carbocycles. The van der Waals surface area contributed by atoms with E-state index >= 15 is 0 Å². The number of carboxylic acid groups (broad SMARTS) is 2. The van der Waals surface area contributed by atoms with Gasteiger partial charge in [0, 0.05) is 36.5 Å². The number of carbonyl (C=O) groups is 2. The van der Waals surface area contributed by atoms with Gasteiger partial charge in [0.25, 0.3) is 0 Å². The molecule has 2 aliphatic carbocycles. The topological polar surface area (TPSA) is 219 Å². The van der Waals surface area contributed by atoms with Crippen LogP contribution in [0.1, 0.15) is 119 Å². The monoisotopic (exact) mass is 943 g/mol. The minimum Gasteiger partial charge on any atom is -0.547 e. The molecule has 0 aromatic rings. The highest BCUT2D eigenvalue weighted by Gasteiger charge is 2.71. The lowest BCUT2D eigenvalue weighted by molar-refractivity contribution is -0.870. The molecule has 66 heavy (non-hydrogen) atoms. The van der Waals surface area contributed by atoms with Crippen molar-refractivity contribution in [1.29, 1.82) is 0 Å². The maximum Gasteiger partial charge on any atom is 0.201 e. The van der Waals surface area contributed by atoms with Gasteiger partial charge in [-0.05, 0) is 115 Å². The fraction of sp³-hybridized carbons (Fsp3) is 0.958. The van der Waals surface area contributed by atoms with E-state index in [0.717, 1.165) is 60.6 Å². The van der Waals surface area contributed by atoms with Crippen LogP contribution in [0.5, 0.6) is 0 Å². The summed E-state index contributed by atoms with van der Waals surface area (Å²) in [5.41, 5.74) is -0.899. The summed E-state index contributed by atoms with van der Waals surface area (Å²) in [5.74, 6) is -1.84. The van der Waals surface area contributed by atoms with E-state index in [9.17, 15) is 19.8 Å². The van der Waals surface area contributed by atoms with Crippen molar-refractivity contribution in [1.82, 2.24) is 10.6 Å². The number of nitrogens with one attached hydrogen (secondary N) is 2. The minimum atomic E-state index is -2.44. The molecule has 0 amide bonds. The number of ether oxygens (including phenoxy) is 4. The second kappa shape index (κ2) is 21.0. The molecule has 10 rings (SSSR count). The highest BCUT2D eigenvalue weighted by molar-refractivity contribution is 5.80. The minimum absolute atomic E-state index is 0.0188.